The van der Waals surface area contributed by atoms with E-state index in [2.05, 4.69) is 54.2 Å². The van der Waals surface area contributed by atoms with Gasteiger partial charge in [-0.2, -0.15) is 0 Å². The van der Waals surface area contributed by atoms with Crippen molar-refractivity contribution in [2.45, 2.75) is 32.7 Å². The monoisotopic (exact) mass is 278 g/mol. The first-order chi connectivity index (χ1) is 9.10. The van der Waals surface area contributed by atoms with Crippen molar-refractivity contribution in [3.05, 3.63) is 17.3 Å². The Morgan fingerprint density at radius 2 is 2.16 bits per heavy atom. The highest BCUT2D eigenvalue weighted by atomic mass is 32.1. The van der Waals surface area contributed by atoms with Crippen LogP contribution in [0.25, 0.3) is 10.2 Å². The summed E-state index contributed by atoms with van der Waals surface area (Å²) in [6.45, 7) is 5.45. The Morgan fingerprint density at radius 3 is 2.84 bits per heavy atom. The van der Waals surface area contributed by atoms with Gasteiger partial charge in [0.2, 0.25) is 0 Å². The number of aromatic nitrogens is 2. The Labute approximate surface area is 118 Å². The Hall–Kier alpha value is -1.20. The minimum Gasteiger partial charge on any atom is -0.367 e. The number of aryl methyl sites for hydroxylation is 1. The van der Waals surface area contributed by atoms with Crippen LogP contribution in [0.3, 0.4) is 0 Å². The zero-order valence-corrected chi connectivity index (χ0v) is 12.9. The molecular weight excluding hydrogens is 256 g/mol. The van der Waals surface area contributed by atoms with Crippen molar-refractivity contribution < 1.29 is 0 Å². The van der Waals surface area contributed by atoms with Gasteiger partial charge in [-0.3, -0.25) is 0 Å². The maximum absolute atomic E-state index is 4.39. The SMILES string of the molecule is CCc1cc2c(NC(C)CCN(C)C)ncnc2s1. The largest absolute Gasteiger partial charge is 0.367 e. The van der Waals surface area contributed by atoms with Crippen molar-refractivity contribution in [3.63, 3.8) is 0 Å². The molecule has 1 N–H and O–H groups in total. The first-order valence-electron chi connectivity index (χ1n) is 6.74. The van der Waals surface area contributed by atoms with E-state index in [1.165, 1.54) is 4.88 Å². The molecule has 19 heavy (non-hydrogen) atoms. The lowest BCUT2D eigenvalue weighted by molar-refractivity contribution is 0.390. The van der Waals surface area contributed by atoms with Gasteiger partial charge in [0.05, 0.1) is 5.39 Å². The molecule has 0 radical (unpaired) electrons. The van der Waals surface area contributed by atoms with E-state index < -0.39 is 0 Å². The molecule has 2 heterocycles. The standard InChI is InChI=1S/C14H22N4S/c1-5-11-8-12-13(15-9-16-14(12)19-11)17-10(2)6-7-18(3)4/h8-10H,5-7H2,1-4H3,(H,15,16,17). The summed E-state index contributed by atoms with van der Waals surface area (Å²) in [6, 6.07) is 2.62. The van der Waals surface area contributed by atoms with Gasteiger partial charge in [-0.15, -0.1) is 11.3 Å². The predicted molar refractivity (Wildman–Crippen MR) is 83.0 cm³/mol. The summed E-state index contributed by atoms with van der Waals surface area (Å²) in [5, 5.41) is 4.66. The average Bonchev–Trinajstić information content (AvgIpc) is 2.80. The normalized spacial score (nSPS) is 13.1. The van der Waals surface area contributed by atoms with Crippen molar-refractivity contribution in [2.24, 2.45) is 0 Å². The summed E-state index contributed by atoms with van der Waals surface area (Å²) in [5.74, 6) is 0.965. The maximum atomic E-state index is 4.39. The van der Waals surface area contributed by atoms with Crippen molar-refractivity contribution in [1.82, 2.24) is 14.9 Å². The van der Waals surface area contributed by atoms with Crippen LogP contribution in [0.4, 0.5) is 5.82 Å². The predicted octanol–water partition coefficient (Wildman–Crippen LogP) is 3.01. The van der Waals surface area contributed by atoms with Crippen molar-refractivity contribution in [2.75, 3.05) is 26.0 Å². The van der Waals surface area contributed by atoms with Gasteiger partial charge in [0.15, 0.2) is 0 Å². The van der Waals surface area contributed by atoms with Crippen LogP contribution in [0.5, 0.6) is 0 Å². The van der Waals surface area contributed by atoms with E-state index in [1.54, 1.807) is 17.7 Å². The summed E-state index contributed by atoms with van der Waals surface area (Å²) in [4.78, 5) is 13.4. The molecule has 5 heteroatoms. The van der Waals surface area contributed by atoms with Gasteiger partial charge in [0.25, 0.3) is 0 Å². The lowest BCUT2D eigenvalue weighted by Gasteiger charge is -2.17. The fourth-order valence-corrected chi connectivity index (χ4v) is 2.89. The molecule has 0 spiro atoms. The highest BCUT2D eigenvalue weighted by Gasteiger charge is 2.10. The van der Waals surface area contributed by atoms with Gasteiger partial charge in [0.1, 0.15) is 17.0 Å². The minimum absolute atomic E-state index is 0.408. The number of hydrogen-bond acceptors (Lipinski definition) is 5. The molecule has 0 fully saturated rings. The number of hydrogen-bond donors (Lipinski definition) is 1. The van der Waals surface area contributed by atoms with Gasteiger partial charge in [0, 0.05) is 10.9 Å². The molecule has 0 saturated carbocycles. The number of thiophene rings is 1. The quantitative estimate of drug-likeness (QED) is 0.882. The minimum atomic E-state index is 0.408. The van der Waals surface area contributed by atoms with Crippen LogP contribution >= 0.6 is 11.3 Å². The Morgan fingerprint density at radius 1 is 1.37 bits per heavy atom. The van der Waals surface area contributed by atoms with E-state index >= 15 is 0 Å². The van der Waals surface area contributed by atoms with E-state index in [-0.39, 0.29) is 0 Å². The lowest BCUT2D eigenvalue weighted by atomic mass is 10.2. The highest BCUT2D eigenvalue weighted by Crippen LogP contribution is 2.28. The Balaban J connectivity index is 2.13. The van der Waals surface area contributed by atoms with Crippen LogP contribution < -0.4 is 5.32 Å². The molecule has 0 aliphatic carbocycles. The summed E-state index contributed by atoms with van der Waals surface area (Å²) in [7, 11) is 4.20. The van der Waals surface area contributed by atoms with Gasteiger partial charge < -0.3 is 10.2 Å². The number of rotatable bonds is 6. The second kappa shape index (κ2) is 6.30. The van der Waals surface area contributed by atoms with E-state index in [1.807, 2.05) is 0 Å². The van der Waals surface area contributed by atoms with Gasteiger partial charge in [-0.05, 0) is 46.5 Å². The van der Waals surface area contributed by atoms with Crippen LogP contribution in [0, 0.1) is 0 Å². The zero-order valence-electron chi connectivity index (χ0n) is 12.1. The lowest BCUT2D eigenvalue weighted by Crippen LogP contribution is -2.23. The Bertz CT molecular complexity index is 535. The molecule has 0 aromatic carbocycles. The molecule has 2 rings (SSSR count). The first kappa shape index (κ1) is 14.2. The molecule has 104 valence electrons. The molecule has 1 atom stereocenters. The summed E-state index contributed by atoms with van der Waals surface area (Å²) >= 11 is 1.76. The fourth-order valence-electron chi connectivity index (χ4n) is 1.95. The van der Waals surface area contributed by atoms with E-state index in [4.69, 9.17) is 0 Å². The number of nitrogens with one attached hydrogen (secondary N) is 1. The molecule has 1 unspecified atom stereocenters. The van der Waals surface area contributed by atoms with Gasteiger partial charge in [-0.25, -0.2) is 9.97 Å². The van der Waals surface area contributed by atoms with Crippen LogP contribution in [-0.2, 0) is 6.42 Å². The smallest absolute Gasteiger partial charge is 0.138 e. The number of nitrogens with zero attached hydrogens (tertiary/aromatic N) is 3. The molecule has 0 aliphatic rings. The van der Waals surface area contributed by atoms with E-state index in [9.17, 15) is 0 Å². The molecule has 0 bridgehead atoms. The second-order valence-corrected chi connectivity index (χ2v) is 6.26. The van der Waals surface area contributed by atoms with E-state index in [0.29, 0.717) is 6.04 Å². The number of fused-ring (bicyclic) bond motifs is 1. The van der Waals surface area contributed by atoms with Crippen molar-refractivity contribution >= 4 is 27.4 Å². The molecule has 4 nitrogen and oxygen atoms in total. The third-order valence-electron chi connectivity index (χ3n) is 3.12. The Kier molecular flexibility index (Phi) is 4.71. The van der Waals surface area contributed by atoms with Crippen LogP contribution in [0.2, 0.25) is 0 Å². The van der Waals surface area contributed by atoms with Crippen LogP contribution in [-0.4, -0.2) is 41.5 Å². The second-order valence-electron chi connectivity index (χ2n) is 5.14. The van der Waals surface area contributed by atoms with Gasteiger partial charge in [-0.1, -0.05) is 6.92 Å². The van der Waals surface area contributed by atoms with Gasteiger partial charge >= 0.3 is 0 Å². The summed E-state index contributed by atoms with van der Waals surface area (Å²) in [6.07, 6.45) is 3.80. The molecule has 0 saturated heterocycles. The first-order valence-corrected chi connectivity index (χ1v) is 7.56. The highest BCUT2D eigenvalue weighted by molar-refractivity contribution is 7.18. The van der Waals surface area contributed by atoms with E-state index in [0.717, 1.165) is 35.4 Å². The molecule has 2 aromatic rings. The molecule has 0 amide bonds. The van der Waals surface area contributed by atoms with Crippen LogP contribution in [0.15, 0.2) is 12.4 Å². The van der Waals surface area contributed by atoms with Crippen molar-refractivity contribution in [1.29, 1.82) is 0 Å². The third-order valence-corrected chi connectivity index (χ3v) is 4.31. The fraction of sp³-hybridized carbons (Fsp3) is 0.571. The topological polar surface area (TPSA) is 41.0 Å². The number of anilines is 1. The summed E-state index contributed by atoms with van der Waals surface area (Å²) < 4.78 is 0. The summed E-state index contributed by atoms with van der Waals surface area (Å²) in [5.41, 5.74) is 0. The van der Waals surface area contributed by atoms with Crippen molar-refractivity contribution in [3.8, 4) is 0 Å². The maximum Gasteiger partial charge on any atom is 0.138 e. The molecule has 2 aromatic heterocycles. The molecular formula is C14H22N4S. The third kappa shape index (κ3) is 3.64. The average molecular weight is 278 g/mol. The van der Waals surface area contributed by atoms with Crippen LogP contribution in [0.1, 0.15) is 25.1 Å². The zero-order chi connectivity index (χ0) is 13.8. The molecule has 0 aliphatic heterocycles.